The number of thioether (sulfide) groups is 1. The number of benzene rings is 1. The maximum Gasteiger partial charge on any atom is 0.0589 e. The van der Waals surface area contributed by atoms with Gasteiger partial charge in [0.2, 0.25) is 0 Å². The molecule has 1 aromatic heterocycles. The van der Waals surface area contributed by atoms with Crippen molar-refractivity contribution in [3.05, 3.63) is 59.4 Å². The number of pyridine rings is 1. The number of aryl methyl sites for hydroxylation is 1. The Morgan fingerprint density at radius 3 is 2.39 bits per heavy atom. The second kappa shape index (κ2) is 6.03. The molecule has 0 aliphatic rings. The van der Waals surface area contributed by atoms with Crippen LogP contribution >= 0.6 is 11.8 Å². The first kappa shape index (κ1) is 13.1. The third-order valence-corrected chi connectivity index (χ3v) is 3.71. The Bertz CT molecular complexity index is 508. The number of rotatable bonds is 4. The van der Waals surface area contributed by atoms with E-state index in [1.807, 2.05) is 19.4 Å². The normalized spacial score (nSPS) is 12.4. The molecule has 1 heterocycles. The van der Waals surface area contributed by atoms with Gasteiger partial charge in [-0.1, -0.05) is 18.2 Å². The van der Waals surface area contributed by atoms with Gasteiger partial charge in [-0.05, 0) is 49.1 Å². The van der Waals surface area contributed by atoms with Gasteiger partial charge >= 0.3 is 0 Å². The number of hydrogen-bond donors (Lipinski definition) is 1. The van der Waals surface area contributed by atoms with Crippen LogP contribution in [0.2, 0.25) is 0 Å². The summed E-state index contributed by atoms with van der Waals surface area (Å²) < 4.78 is 0. The van der Waals surface area contributed by atoms with E-state index in [-0.39, 0.29) is 6.04 Å². The molecule has 0 saturated carbocycles. The van der Waals surface area contributed by atoms with Crippen LogP contribution in [0, 0.1) is 6.92 Å². The molecule has 3 heteroatoms. The summed E-state index contributed by atoms with van der Waals surface area (Å²) in [4.78, 5) is 5.56. The molecule has 2 aromatic rings. The van der Waals surface area contributed by atoms with Gasteiger partial charge in [0.1, 0.15) is 0 Å². The minimum absolute atomic E-state index is 0.202. The van der Waals surface area contributed by atoms with E-state index < -0.39 is 0 Å². The molecule has 2 rings (SSSR count). The van der Waals surface area contributed by atoms with Crippen molar-refractivity contribution in [2.24, 2.45) is 0 Å². The molecule has 1 unspecified atom stereocenters. The average Bonchev–Trinajstić information content (AvgIpc) is 2.40. The van der Waals surface area contributed by atoms with Gasteiger partial charge < -0.3 is 5.32 Å². The molecular formula is C15H18N2S. The second-order valence-corrected chi connectivity index (χ2v) is 5.17. The molecule has 1 atom stereocenters. The van der Waals surface area contributed by atoms with Crippen LogP contribution in [-0.4, -0.2) is 18.3 Å². The van der Waals surface area contributed by atoms with E-state index in [1.54, 1.807) is 11.8 Å². The molecule has 94 valence electrons. The molecule has 18 heavy (non-hydrogen) atoms. The minimum Gasteiger partial charge on any atom is -0.309 e. The molecule has 1 N–H and O–H groups in total. The highest BCUT2D eigenvalue weighted by Gasteiger charge is 2.12. The fraction of sp³-hybridized carbons (Fsp3) is 0.267. The highest BCUT2D eigenvalue weighted by Crippen LogP contribution is 2.24. The van der Waals surface area contributed by atoms with Crippen LogP contribution in [-0.2, 0) is 0 Å². The standard InChI is InChI=1S/C15H18N2S/c1-11-8-13(10-17-9-11)15(16-2)12-4-6-14(18-3)7-5-12/h4-10,15-16H,1-3H3. The van der Waals surface area contributed by atoms with Crippen molar-refractivity contribution < 1.29 is 0 Å². The van der Waals surface area contributed by atoms with Gasteiger partial charge in [-0.15, -0.1) is 11.8 Å². The van der Waals surface area contributed by atoms with Gasteiger partial charge in [-0.3, -0.25) is 4.98 Å². The van der Waals surface area contributed by atoms with Crippen LogP contribution < -0.4 is 5.32 Å². The molecule has 0 saturated heterocycles. The lowest BCUT2D eigenvalue weighted by molar-refractivity contribution is 0.687. The maximum atomic E-state index is 4.27. The van der Waals surface area contributed by atoms with Crippen LogP contribution in [0.15, 0.2) is 47.6 Å². The molecule has 0 radical (unpaired) electrons. The first-order valence-electron chi connectivity index (χ1n) is 5.97. The van der Waals surface area contributed by atoms with Crippen molar-refractivity contribution in [3.8, 4) is 0 Å². The Balaban J connectivity index is 2.32. The van der Waals surface area contributed by atoms with Crippen molar-refractivity contribution in [1.82, 2.24) is 10.3 Å². The van der Waals surface area contributed by atoms with Gasteiger partial charge in [0.15, 0.2) is 0 Å². The molecule has 0 amide bonds. The molecular weight excluding hydrogens is 240 g/mol. The zero-order valence-corrected chi connectivity index (χ0v) is 11.8. The highest BCUT2D eigenvalue weighted by atomic mass is 32.2. The lowest BCUT2D eigenvalue weighted by Gasteiger charge is -2.17. The van der Waals surface area contributed by atoms with E-state index in [9.17, 15) is 0 Å². The SMILES string of the molecule is CNC(c1ccc(SC)cc1)c1cncc(C)c1. The van der Waals surface area contributed by atoms with E-state index in [2.05, 4.69) is 53.8 Å². The van der Waals surface area contributed by atoms with Crippen molar-refractivity contribution in [3.63, 3.8) is 0 Å². The molecule has 0 bridgehead atoms. The van der Waals surface area contributed by atoms with Gasteiger partial charge in [0, 0.05) is 17.3 Å². The number of hydrogen-bond acceptors (Lipinski definition) is 3. The quantitative estimate of drug-likeness (QED) is 0.851. The maximum absolute atomic E-state index is 4.27. The van der Waals surface area contributed by atoms with Crippen molar-refractivity contribution in [2.45, 2.75) is 17.9 Å². The lowest BCUT2D eigenvalue weighted by Crippen LogP contribution is -2.17. The Hall–Kier alpha value is -1.32. The zero-order valence-electron chi connectivity index (χ0n) is 11.0. The third-order valence-electron chi connectivity index (χ3n) is 2.97. The Kier molecular flexibility index (Phi) is 4.39. The fourth-order valence-corrected chi connectivity index (χ4v) is 2.47. The van der Waals surface area contributed by atoms with E-state index >= 15 is 0 Å². The number of nitrogens with one attached hydrogen (secondary N) is 1. The van der Waals surface area contributed by atoms with Crippen LogP contribution in [0.5, 0.6) is 0 Å². The number of nitrogens with zero attached hydrogens (tertiary/aromatic N) is 1. The molecule has 1 aromatic carbocycles. The monoisotopic (exact) mass is 258 g/mol. The average molecular weight is 258 g/mol. The molecule has 0 fully saturated rings. The summed E-state index contributed by atoms with van der Waals surface area (Å²) in [6, 6.07) is 11.1. The first-order chi connectivity index (χ1) is 8.74. The summed E-state index contributed by atoms with van der Waals surface area (Å²) in [5.74, 6) is 0. The van der Waals surface area contributed by atoms with Gasteiger partial charge in [-0.25, -0.2) is 0 Å². The zero-order chi connectivity index (χ0) is 13.0. The topological polar surface area (TPSA) is 24.9 Å². The summed E-state index contributed by atoms with van der Waals surface area (Å²) in [7, 11) is 1.98. The minimum atomic E-state index is 0.202. The molecule has 2 nitrogen and oxygen atoms in total. The second-order valence-electron chi connectivity index (χ2n) is 4.29. The van der Waals surface area contributed by atoms with Crippen LogP contribution in [0.3, 0.4) is 0 Å². The predicted octanol–water partition coefficient (Wildman–Crippen LogP) is 3.42. The Morgan fingerprint density at radius 1 is 1.11 bits per heavy atom. The fourth-order valence-electron chi connectivity index (χ4n) is 2.06. The van der Waals surface area contributed by atoms with Crippen molar-refractivity contribution in [2.75, 3.05) is 13.3 Å². The number of aromatic nitrogens is 1. The van der Waals surface area contributed by atoms with Gasteiger partial charge in [0.25, 0.3) is 0 Å². The molecule has 0 spiro atoms. The Morgan fingerprint density at radius 2 is 1.83 bits per heavy atom. The summed E-state index contributed by atoms with van der Waals surface area (Å²) in [5, 5.41) is 3.35. The molecule has 0 aliphatic heterocycles. The summed E-state index contributed by atoms with van der Waals surface area (Å²) in [6.45, 7) is 2.07. The predicted molar refractivity (Wildman–Crippen MR) is 78.1 cm³/mol. The smallest absolute Gasteiger partial charge is 0.0589 e. The highest BCUT2D eigenvalue weighted by molar-refractivity contribution is 7.98. The third kappa shape index (κ3) is 2.92. The van der Waals surface area contributed by atoms with E-state index in [0.717, 1.165) is 0 Å². The van der Waals surface area contributed by atoms with Crippen molar-refractivity contribution in [1.29, 1.82) is 0 Å². The van der Waals surface area contributed by atoms with E-state index in [0.29, 0.717) is 0 Å². The first-order valence-corrected chi connectivity index (χ1v) is 7.20. The lowest BCUT2D eigenvalue weighted by atomic mass is 9.99. The summed E-state index contributed by atoms with van der Waals surface area (Å²) in [5.41, 5.74) is 3.66. The van der Waals surface area contributed by atoms with Crippen LogP contribution in [0.1, 0.15) is 22.7 Å². The van der Waals surface area contributed by atoms with Gasteiger partial charge in [0.05, 0.1) is 6.04 Å². The Labute approximate surface area is 113 Å². The van der Waals surface area contributed by atoms with Crippen LogP contribution in [0.4, 0.5) is 0 Å². The van der Waals surface area contributed by atoms with Crippen LogP contribution in [0.25, 0.3) is 0 Å². The summed E-state index contributed by atoms with van der Waals surface area (Å²) >= 11 is 1.76. The van der Waals surface area contributed by atoms with E-state index in [1.165, 1.54) is 21.6 Å². The van der Waals surface area contributed by atoms with E-state index in [4.69, 9.17) is 0 Å². The largest absolute Gasteiger partial charge is 0.309 e. The van der Waals surface area contributed by atoms with Gasteiger partial charge in [-0.2, -0.15) is 0 Å². The molecule has 0 aliphatic carbocycles. The summed E-state index contributed by atoms with van der Waals surface area (Å²) in [6.07, 6.45) is 5.90. The van der Waals surface area contributed by atoms with Crippen molar-refractivity contribution >= 4 is 11.8 Å².